The van der Waals surface area contributed by atoms with Gasteiger partial charge in [-0.05, 0) is 46.2 Å². The molecule has 0 radical (unpaired) electrons. The van der Waals surface area contributed by atoms with Crippen molar-refractivity contribution < 1.29 is 0 Å². The van der Waals surface area contributed by atoms with E-state index in [1.54, 1.807) is 0 Å². The second-order valence-electron chi connectivity index (χ2n) is 12.1. The van der Waals surface area contributed by atoms with Crippen molar-refractivity contribution >= 4 is 45.3 Å². The number of hydrogen-bond acceptors (Lipinski definition) is 0. The van der Waals surface area contributed by atoms with Gasteiger partial charge in [-0.1, -0.05) is 169 Å². The summed E-state index contributed by atoms with van der Waals surface area (Å²) in [6.07, 6.45) is 5.86. The monoisotopic (exact) mass is 638 g/mol. The van der Waals surface area contributed by atoms with Gasteiger partial charge in [0, 0.05) is 0 Å². The van der Waals surface area contributed by atoms with E-state index in [1.165, 1.54) is 0 Å². The predicted octanol–water partition coefficient (Wildman–Crippen LogP) is 8.17. The summed E-state index contributed by atoms with van der Waals surface area (Å²) in [7, 11) is 0. The molecule has 0 atom stereocenters. The third-order valence-corrected chi connectivity index (χ3v) is 9.13. The maximum absolute atomic E-state index is 5.37. The Balaban J connectivity index is 0.00000348. The van der Waals surface area contributed by atoms with Gasteiger partial charge in [-0.15, -0.1) is 44.9 Å². The van der Waals surface area contributed by atoms with Crippen LogP contribution >= 0.6 is 0 Å². The van der Waals surface area contributed by atoms with E-state index in [-0.39, 0.29) is 23.1 Å². The van der Waals surface area contributed by atoms with Gasteiger partial charge in [-0.25, -0.2) is 0 Å². The SMILES string of the molecule is C1=C2[N-]C(=C(c3ccccc3)c3ccc([n-]3)C(c3ccccc3)=C3CC=C([N-]3)C(c3ccccc3)=c3ccc([n-]3)=C2c2ccccc2)C1.[Mg+2]. The number of allylic oxidation sites excluding steroid dienone is 4. The van der Waals surface area contributed by atoms with Gasteiger partial charge in [-0.3, -0.25) is 0 Å². The number of fused-ring (bicyclic) bond motifs is 8. The minimum Gasteiger partial charge on any atom is -0.660 e. The van der Waals surface area contributed by atoms with Crippen LogP contribution in [0.1, 0.15) is 46.5 Å². The van der Waals surface area contributed by atoms with Gasteiger partial charge in [0.25, 0.3) is 0 Å². The Labute approximate surface area is 302 Å². The molecule has 0 saturated carbocycles. The van der Waals surface area contributed by atoms with Crippen molar-refractivity contribution in [3.63, 3.8) is 0 Å². The van der Waals surface area contributed by atoms with E-state index in [9.17, 15) is 0 Å². The van der Waals surface area contributed by atoms with Crippen LogP contribution in [0.4, 0.5) is 0 Å². The van der Waals surface area contributed by atoms with Crippen molar-refractivity contribution in [3.8, 4) is 0 Å². The van der Waals surface area contributed by atoms with Crippen LogP contribution in [0.2, 0.25) is 0 Å². The van der Waals surface area contributed by atoms with Crippen molar-refractivity contribution in [2.24, 2.45) is 0 Å². The molecule has 0 aliphatic carbocycles. The topological polar surface area (TPSA) is 56.4 Å². The molecule has 0 saturated heterocycles. The fraction of sp³-hybridized carbons (Fsp3) is 0.0455. The molecule has 0 spiro atoms. The molecule has 3 aliphatic rings. The molecule has 4 nitrogen and oxygen atoms in total. The molecule has 0 fully saturated rings. The quantitative estimate of drug-likeness (QED) is 0.183. The Morgan fingerprint density at radius 2 is 0.694 bits per heavy atom. The van der Waals surface area contributed by atoms with Crippen molar-refractivity contribution in [3.05, 3.63) is 236 Å². The summed E-state index contributed by atoms with van der Waals surface area (Å²) in [6.45, 7) is 0. The minimum atomic E-state index is 0. The van der Waals surface area contributed by atoms with E-state index in [1.807, 2.05) is 24.3 Å². The van der Waals surface area contributed by atoms with Gasteiger partial charge < -0.3 is 20.6 Å². The van der Waals surface area contributed by atoms with Crippen LogP contribution in [-0.2, 0) is 0 Å². The van der Waals surface area contributed by atoms with Crippen LogP contribution in [0.3, 0.4) is 0 Å². The van der Waals surface area contributed by atoms with Crippen LogP contribution < -0.4 is 20.7 Å². The zero-order valence-corrected chi connectivity index (χ0v) is 28.3. The predicted molar refractivity (Wildman–Crippen MR) is 199 cm³/mol. The molecule has 0 N–H and O–H groups in total. The van der Waals surface area contributed by atoms with E-state index in [2.05, 4.69) is 133 Å². The van der Waals surface area contributed by atoms with Crippen LogP contribution in [0.15, 0.2) is 181 Å². The normalized spacial score (nSPS) is 15.3. The summed E-state index contributed by atoms with van der Waals surface area (Å²) in [5, 5.41) is 12.5. The van der Waals surface area contributed by atoms with Gasteiger partial charge >= 0.3 is 23.1 Å². The first-order valence-corrected chi connectivity index (χ1v) is 16.4. The van der Waals surface area contributed by atoms with E-state index in [4.69, 9.17) is 20.6 Å². The second kappa shape index (κ2) is 13.2. The van der Waals surface area contributed by atoms with E-state index < -0.39 is 0 Å². The molecule has 6 aromatic rings. The van der Waals surface area contributed by atoms with Gasteiger partial charge in [-0.2, -0.15) is 0 Å². The summed E-state index contributed by atoms with van der Waals surface area (Å²) in [5.41, 5.74) is 14.1. The molecule has 0 amide bonds. The van der Waals surface area contributed by atoms with Gasteiger partial charge in [0.05, 0.1) is 0 Å². The fourth-order valence-electron chi connectivity index (χ4n) is 6.97. The first-order valence-electron chi connectivity index (χ1n) is 16.4. The molecule has 230 valence electrons. The summed E-state index contributed by atoms with van der Waals surface area (Å²) in [6, 6.07) is 50.5. The number of nitrogens with zero attached hydrogens (tertiary/aromatic N) is 4. The largest absolute Gasteiger partial charge is 2.00 e. The van der Waals surface area contributed by atoms with Crippen molar-refractivity contribution in [2.75, 3.05) is 0 Å². The van der Waals surface area contributed by atoms with Gasteiger partial charge in [0.2, 0.25) is 0 Å². The van der Waals surface area contributed by atoms with Crippen LogP contribution in [-0.4, -0.2) is 23.1 Å². The summed E-state index contributed by atoms with van der Waals surface area (Å²) < 4.78 is 0. The second-order valence-corrected chi connectivity index (χ2v) is 12.1. The standard InChI is InChI=1S/C44H30N4.Mg/c1-5-13-29(14-6-1)41-33-21-23-35(45-33)42(30-15-7-2-8-16-30)37-25-27-39(47-37)44(32-19-11-4-12-20-32)40-28-26-38(48-40)43(31-17-9-3-10-18-31)36-24-22-34(41)46-36;/h1-23,25-26,28H,24,27H2;/q-4;+2. The van der Waals surface area contributed by atoms with E-state index in [0.717, 1.165) is 89.4 Å². The summed E-state index contributed by atoms with van der Waals surface area (Å²) >= 11 is 0. The third kappa shape index (κ3) is 5.71. The molecular weight excluding hydrogens is 609 g/mol. The molecule has 5 heteroatoms. The summed E-state index contributed by atoms with van der Waals surface area (Å²) in [5.74, 6) is 0. The molecule has 5 heterocycles. The van der Waals surface area contributed by atoms with Crippen LogP contribution in [0.25, 0.3) is 32.9 Å². The minimum absolute atomic E-state index is 0. The third-order valence-electron chi connectivity index (χ3n) is 9.13. The number of rotatable bonds is 4. The molecule has 4 aromatic carbocycles. The average Bonchev–Trinajstić information content (AvgIpc) is 3.98. The Morgan fingerprint density at radius 1 is 0.347 bits per heavy atom. The smallest absolute Gasteiger partial charge is 0.660 e. The number of aromatic nitrogens is 2. The Hall–Kier alpha value is -5.49. The van der Waals surface area contributed by atoms with E-state index in [0.29, 0.717) is 12.8 Å². The average molecular weight is 639 g/mol. The maximum Gasteiger partial charge on any atom is 2.00 e. The molecule has 8 bridgehead atoms. The molecule has 9 rings (SSSR count). The van der Waals surface area contributed by atoms with E-state index >= 15 is 0 Å². The Bertz CT molecular complexity index is 2240. The van der Waals surface area contributed by atoms with Crippen molar-refractivity contribution in [1.29, 1.82) is 0 Å². The fourth-order valence-corrected chi connectivity index (χ4v) is 6.97. The summed E-state index contributed by atoms with van der Waals surface area (Å²) in [4.78, 5) is 10.7. The number of benzene rings is 4. The zero-order chi connectivity index (χ0) is 31.9. The first kappa shape index (κ1) is 30.8. The van der Waals surface area contributed by atoms with Crippen LogP contribution in [0, 0.1) is 0 Å². The van der Waals surface area contributed by atoms with Crippen LogP contribution in [0.5, 0.6) is 0 Å². The molecule has 2 aromatic heterocycles. The maximum atomic E-state index is 5.37. The molecular formula is C44H30MgN4-2. The first-order chi connectivity index (χ1) is 23.8. The van der Waals surface area contributed by atoms with Crippen molar-refractivity contribution in [1.82, 2.24) is 9.97 Å². The van der Waals surface area contributed by atoms with Gasteiger partial charge in [0.1, 0.15) is 0 Å². The number of hydrogen-bond donors (Lipinski definition) is 0. The van der Waals surface area contributed by atoms with Crippen molar-refractivity contribution in [2.45, 2.75) is 12.8 Å². The zero-order valence-electron chi connectivity index (χ0n) is 26.9. The molecule has 3 aliphatic heterocycles. The Kier molecular flexibility index (Phi) is 8.30. The van der Waals surface area contributed by atoms with Gasteiger partial charge in [0.15, 0.2) is 0 Å². The Morgan fingerprint density at radius 3 is 1.06 bits per heavy atom. The molecule has 0 unspecified atom stereocenters. The molecule has 49 heavy (non-hydrogen) atoms.